The lowest BCUT2D eigenvalue weighted by Gasteiger charge is -1.78. The fourth-order valence-electron chi connectivity index (χ4n) is 0.721. The summed E-state index contributed by atoms with van der Waals surface area (Å²) in [4.78, 5) is 0. The maximum atomic E-state index is 2.28. The number of allylic oxidation sites excluding steroid dienone is 4. The van der Waals surface area contributed by atoms with Crippen LogP contribution in [0.15, 0.2) is 23.8 Å². The van der Waals surface area contributed by atoms with E-state index < -0.39 is 0 Å². The second-order valence-corrected chi connectivity index (χ2v) is 3.33. The minimum atomic E-state index is 1.08. The molecule has 0 amide bonds. The van der Waals surface area contributed by atoms with Gasteiger partial charge in [-0.25, -0.2) is 0 Å². The molecule has 0 aromatic carbocycles. The molecule has 0 spiro atoms. The lowest BCUT2D eigenvalue weighted by atomic mass is 10.3. The molecule has 0 saturated heterocycles. The standard InChI is InChI=1S/C6H8.C4H8/c1-6-4-2-3-5-6;1-4-2-3-4/h2-4H,5H2,1H3;4H,2-3H2,1H3. The Labute approximate surface area is 63.6 Å². The highest BCUT2D eigenvalue weighted by atomic mass is 14.2. The van der Waals surface area contributed by atoms with E-state index in [-0.39, 0.29) is 0 Å². The highest BCUT2D eigenvalue weighted by Gasteiger charge is 2.12. The van der Waals surface area contributed by atoms with Gasteiger partial charge in [0.1, 0.15) is 0 Å². The summed E-state index contributed by atoms with van der Waals surface area (Å²) in [7, 11) is 0. The molecule has 0 unspecified atom stereocenters. The summed E-state index contributed by atoms with van der Waals surface area (Å²) in [6.07, 6.45) is 10.5. The summed E-state index contributed by atoms with van der Waals surface area (Å²) in [5.74, 6) is 1.08. The fraction of sp³-hybridized carbons (Fsp3) is 0.600. The zero-order chi connectivity index (χ0) is 7.40. The van der Waals surface area contributed by atoms with E-state index >= 15 is 0 Å². The Kier molecular flexibility index (Phi) is 2.73. The van der Waals surface area contributed by atoms with E-state index in [1.165, 1.54) is 24.8 Å². The van der Waals surface area contributed by atoms with E-state index in [0.717, 1.165) is 5.92 Å². The van der Waals surface area contributed by atoms with Crippen molar-refractivity contribution in [3.8, 4) is 0 Å². The molecule has 0 radical (unpaired) electrons. The molecule has 2 rings (SSSR count). The summed E-state index contributed by atoms with van der Waals surface area (Å²) >= 11 is 0. The Morgan fingerprint density at radius 2 is 2.00 bits per heavy atom. The van der Waals surface area contributed by atoms with Gasteiger partial charge in [0.15, 0.2) is 0 Å². The quantitative estimate of drug-likeness (QED) is 0.479. The summed E-state index contributed by atoms with van der Waals surface area (Å²) in [5.41, 5.74) is 1.47. The van der Waals surface area contributed by atoms with E-state index in [2.05, 4.69) is 32.1 Å². The second-order valence-electron chi connectivity index (χ2n) is 3.33. The van der Waals surface area contributed by atoms with Crippen LogP contribution in [0.4, 0.5) is 0 Å². The van der Waals surface area contributed by atoms with Crippen molar-refractivity contribution in [1.29, 1.82) is 0 Å². The molecular weight excluding hydrogens is 120 g/mol. The summed E-state index contributed by atoms with van der Waals surface area (Å²) in [6, 6.07) is 0. The molecule has 0 aliphatic heterocycles. The predicted octanol–water partition coefficient (Wildman–Crippen LogP) is 3.31. The van der Waals surface area contributed by atoms with Gasteiger partial charge in [0, 0.05) is 0 Å². The topological polar surface area (TPSA) is 0 Å². The van der Waals surface area contributed by atoms with Crippen LogP contribution in [0.2, 0.25) is 0 Å². The summed E-state index contributed by atoms with van der Waals surface area (Å²) < 4.78 is 0. The van der Waals surface area contributed by atoms with E-state index in [4.69, 9.17) is 0 Å². The van der Waals surface area contributed by atoms with Crippen LogP contribution in [-0.2, 0) is 0 Å². The Morgan fingerprint density at radius 1 is 1.40 bits per heavy atom. The van der Waals surface area contributed by atoms with Crippen LogP contribution in [0.3, 0.4) is 0 Å². The molecule has 1 saturated carbocycles. The third-order valence-corrected chi connectivity index (χ3v) is 1.82. The molecule has 1 fully saturated rings. The van der Waals surface area contributed by atoms with Crippen LogP contribution in [0.5, 0.6) is 0 Å². The van der Waals surface area contributed by atoms with Crippen molar-refractivity contribution in [3.63, 3.8) is 0 Å². The first-order valence-corrected chi connectivity index (χ1v) is 4.11. The van der Waals surface area contributed by atoms with Crippen LogP contribution in [0.25, 0.3) is 0 Å². The molecule has 2 aliphatic rings. The Morgan fingerprint density at radius 3 is 2.10 bits per heavy atom. The van der Waals surface area contributed by atoms with E-state index in [0.29, 0.717) is 0 Å². The molecule has 56 valence electrons. The lowest BCUT2D eigenvalue weighted by Crippen LogP contribution is -1.58. The van der Waals surface area contributed by atoms with Crippen molar-refractivity contribution in [3.05, 3.63) is 23.8 Å². The minimum Gasteiger partial charge on any atom is -0.0805 e. The van der Waals surface area contributed by atoms with Gasteiger partial charge in [0.05, 0.1) is 0 Å². The Bertz CT molecular complexity index is 147. The molecular formula is C10H16. The molecule has 0 aromatic rings. The van der Waals surface area contributed by atoms with E-state index in [1.807, 2.05) is 0 Å². The normalized spacial score (nSPS) is 21.6. The molecule has 0 bridgehead atoms. The molecule has 2 aliphatic carbocycles. The number of rotatable bonds is 0. The predicted molar refractivity (Wildman–Crippen MR) is 45.9 cm³/mol. The summed E-state index contributed by atoms with van der Waals surface area (Å²) in [5, 5.41) is 0. The van der Waals surface area contributed by atoms with Crippen LogP contribution < -0.4 is 0 Å². The number of hydrogen-bond acceptors (Lipinski definition) is 0. The highest BCUT2D eigenvalue weighted by Crippen LogP contribution is 2.26. The van der Waals surface area contributed by atoms with Crippen molar-refractivity contribution in [1.82, 2.24) is 0 Å². The monoisotopic (exact) mass is 136 g/mol. The van der Waals surface area contributed by atoms with Gasteiger partial charge in [-0.1, -0.05) is 43.6 Å². The third-order valence-electron chi connectivity index (χ3n) is 1.82. The molecule has 0 nitrogen and oxygen atoms in total. The largest absolute Gasteiger partial charge is 0.0805 e. The lowest BCUT2D eigenvalue weighted by molar-refractivity contribution is 0.983. The Balaban J connectivity index is 0.000000108. The SMILES string of the molecule is CC1=CC=CC1.CC1CC1. The van der Waals surface area contributed by atoms with Crippen molar-refractivity contribution in [2.45, 2.75) is 33.1 Å². The maximum absolute atomic E-state index is 2.28. The van der Waals surface area contributed by atoms with Crippen molar-refractivity contribution in [2.24, 2.45) is 5.92 Å². The summed E-state index contributed by atoms with van der Waals surface area (Å²) in [6.45, 7) is 4.42. The van der Waals surface area contributed by atoms with Crippen LogP contribution in [0, 0.1) is 5.92 Å². The van der Waals surface area contributed by atoms with Gasteiger partial charge in [-0.05, 0) is 19.3 Å². The van der Waals surface area contributed by atoms with Crippen LogP contribution in [0.1, 0.15) is 33.1 Å². The van der Waals surface area contributed by atoms with Crippen LogP contribution >= 0.6 is 0 Å². The third kappa shape index (κ3) is 3.49. The smallest absolute Gasteiger partial charge is 0.0135 e. The molecule has 0 heteroatoms. The van der Waals surface area contributed by atoms with Gasteiger partial charge in [-0.3, -0.25) is 0 Å². The van der Waals surface area contributed by atoms with Crippen molar-refractivity contribution < 1.29 is 0 Å². The van der Waals surface area contributed by atoms with Crippen LogP contribution in [-0.4, -0.2) is 0 Å². The van der Waals surface area contributed by atoms with Gasteiger partial charge in [-0.15, -0.1) is 0 Å². The molecule has 0 aromatic heterocycles. The van der Waals surface area contributed by atoms with Gasteiger partial charge >= 0.3 is 0 Å². The highest BCUT2D eigenvalue weighted by molar-refractivity contribution is 5.20. The zero-order valence-electron chi connectivity index (χ0n) is 6.93. The fourth-order valence-corrected chi connectivity index (χ4v) is 0.721. The second kappa shape index (κ2) is 3.60. The average Bonchev–Trinajstić information content (AvgIpc) is 2.50. The first-order valence-electron chi connectivity index (χ1n) is 4.11. The minimum absolute atomic E-state index is 1.08. The van der Waals surface area contributed by atoms with E-state index in [1.54, 1.807) is 0 Å². The number of hydrogen-bond donors (Lipinski definition) is 0. The molecule has 10 heavy (non-hydrogen) atoms. The maximum Gasteiger partial charge on any atom is -0.0135 e. The van der Waals surface area contributed by atoms with Gasteiger partial charge < -0.3 is 0 Å². The van der Waals surface area contributed by atoms with E-state index in [9.17, 15) is 0 Å². The van der Waals surface area contributed by atoms with Crippen molar-refractivity contribution in [2.75, 3.05) is 0 Å². The van der Waals surface area contributed by atoms with Crippen molar-refractivity contribution >= 4 is 0 Å². The first kappa shape index (κ1) is 7.59. The average molecular weight is 136 g/mol. The van der Waals surface area contributed by atoms with Gasteiger partial charge in [0.25, 0.3) is 0 Å². The first-order chi connectivity index (χ1) is 4.79. The molecule has 0 N–H and O–H groups in total. The molecule has 0 heterocycles. The molecule has 0 atom stereocenters. The Hall–Kier alpha value is -0.520. The zero-order valence-corrected chi connectivity index (χ0v) is 6.93. The van der Waals surface area contributed by atoms with Gasteiger partial charge in [0.2, 0.25) is 0 Å². The van der Waals surface area contributed by atoms with Gasteiger partial charge in [-0.2, -0.15) is 0 Å².